The van der Waals surface area contributed by atoms with E-state index in [1.807, 2.05) is 0 Å². The van der Waals surface area contributed by atoms with Crippen LogP contribution in [-0.2, 0) is 16.2 Å². The average Bonchev–Trinajstić information content (AvgIpc) is 4.02. The zero-order chi connectivity index (χ0) is 42.8. The number of aromatic nitrogens is 3. The van der Waals surface area contributed by atoms with Gasteiger partial charge in [-0.2, -0.15) is 0 Å². The zero-order valence-corrected chi connectivity index (χ0v) is 38.2. The van der Waals surface area contributed by atoms with Crippen molar-refractivity contribution in [2.75, 3.05) is 0 Å². The van der Waals surface area contributed by atoms with Gasteiger partial charge in [0, 0.05) is 65.5 Å². The van der Waals surface area contributed by atoms with E-state index in [0.717, 1.165) is 23.0 Å². The summed E-state index contributed by atoms with van der Waals surface area (Å²) in [5.74, 6) is 2.88. The fraction of sp³-hybridized carbons (Fsp3) is 0.361. The third-order valence-corrected chi connectivity index (χ3v) is 19.4. The largest absolute Gasteiger partial charge is 0.456 e. The topological polar surface area (TPSA) is 34.9 Å². The molecule has 65 heavy (non-hydrogen) atoms. The van der Waals surface area contributed by atoms with Crippen LogP contribution in [0.25, 0.3) is 109 Å². The van der Waals surface area contributed by atoms with E-state index in [-0.39, 0.29) is 16.2 Å². The lowest BCUT2D eigenvalue weighted by Gasteiger charge is -2.42. The van der Waals surface area contributed by atoms with E-state index in [1.54, 1.807) is 16.7 Å². The lowest BCUT2D eigenvalue weighted by Crippen LogP contribution is -2.33. The van der Waals surface area contributed by atoms with E-state index < -0.39 is 0 Å². The van der Waals surface area contributed by atoms with Crippen molar-refractivity contribution < 1.29 is 4.42 Å². The van der Waals surface area contributed by atoms with Gasteiger partial charge in [-0.25, -0.2) is 0 Å². The van der Waals surface area contributed by atoms with Crippen molar-refractivity contribution in [3.63, 3.8) is 0 Å². The number of rotatable bonds is 0. The van der Waals surface area contributed by atoms with Crippen molar-refractivity contribution in [3.05, 3.63) is 113 Å². The lowest BCUT2D eigenvalue weighted by atomic mass is 9.62. The van der Waals surface area contributed by atoms with Gasteiger partial charge >= 0.3 is 0 Å². The molecule has 0 N–H and O–H groups in total. The van der Waals surface area contributed by atoms with Crippen LogP contribution in [0.4, 0.5) is 0 Å². The zero-order valence-electron chi connectivity index (χ0n) is 38.2. The molecule has 4 atom stereocenters. The Morgan fingerprint density at radius 2 is 1.31 bits per heavy atom. The van der Waals surface area contributed by atoms with Crippen molar-refractivity contribution in [2.45, 2.75) is 127 Å². The molecule has 6 aromatic carbocycles. The summed E-state index contributed by atoms with van der Waals surface area (Å²) in [5.41, 5.74) is 18.1. The van der Waals surface area contributed by atoms with E-state index >= 15 is 0 Å². The van der Waals surface area contributed by atoms with Gasteiger partial charge in [-0.1, -0.05) is 83.5 Å². The molecule has 4 unspecified atom stereocenters. The fourth-order valence-electron chi connectivity index (χ4n) is 16.6. The number of fused-ring (bicyclic) bond motifs is 21. The predicted molar refractivity (Wildman–Crippen MR) is 270 cm³/mol. The Morgan fingerprint density at radius 1 is 0.569 bits per heavy atom. The van der Waals surface area contributed by atoms with E-state index in [9.17, 15) is 0 Å². The Kier molecular flexibility index (Phi) is 6.01. The molecule has 0 spiro atoms. The normalized spacial score (nSPS) is 26.7. The second-order valence-electron chi connectivity index (χ2n) is 24.0. The summed E-state index contributed by atoms with van der Waals surface area (Å²) in [6.07, 6.45) is 15.4. The Bertz CT molecular complexity index is 4170. The van der Waals surface area contributed by atoms with Crippen LogP contribution < -0.4 is 0 Å². The summed E-state index contributed by atoms with van der Waals surface area (Å²) in [7, 11) is 0. The molecule has 12 aromatic rings. The SMILES string of the molecule is CC(C)(C)c1ccc2c(c1)cc1c3cc4c(cc3n3c5cnc6c(c5c2c13)C1CC2CC(CC6C2)C1)c1c2c(cc3c5c6c(ccc5n4c31)C1(C)CCCC6(C)CC1)oc1ccccc12. The van der Waals surface area contributed by atoms with E-state index in [1.165, 1.54) is 173 Å². The molecule has 6 bridgehead atoms. The van der Waals surface area contributed by atoms with Gasteiger partial charge in [0.25, 0.3) is 0 Å². The van der Waals surface area contributed by atoms with Crippen LogP contribution in [0, 0.1) is 11.8 Å². The average molecular weight is 844 g/mol. The maximum atomic E-state index is 6.93. The molecular formula is C61H53N3O. The highest BCUT2D eigenvalue weighted by molar-refractivity contribution is 6.38. The molecule has 0 amide bonds. The third-order valence-electron chi connectivity index (χ3n) is 19.4. The standard InChI is InChI=1S/C61H53N3O/c1-59(2,3)35-11-12-36-32(24-35)25-39-38-26-45-40(27-44(38)64-46-29-62-56-34-22-30-19-31(23-34)21-33(20-30)49(56)54(46)52(36)57(39)64)53-51-37-9-6-7-10-47(37)65-48(51)28-41-50-43(63(45)58(41)53)14-13-42-55(50)61(5)16-8-15-60(42,4)17-18-61/h6-7,9-14,24-31,33-34H,8,15-23H2,1-5H3. The number of para-hydroxylation sites is 1. The Hall–Kier alpha value is -5.87. The molecule has 7 aliphatic rings. The van der Waals surface area contributed by atoms with Crippen molar-refractivity contribution >= 4 is 109 Å². The van der Waals surface area contributed by atoms with Crippen LogP contribution in [0.5, 0.6) is 0 Å². The minimum atomic E-state index is 0.0523. The molecule has 6 aromatic heterocycles. The van der Waals surface area contributed by atoms with Gasteiger partial charge in [-0.05, 0) is 161 Å². The Balaban J connectivity index is 1.09. The van der Waals surface area contributed by atoms with Crippen LogP contribution in [0.15, 0.2) is 89.5 Å². The molecule has 318 valence electrons. The van der Waals surface area contributed by atoms with Gasteiger partial charge in [0.15, 0.2) is 0 Å². The molecule has 4 heteroatoms. The van der Waals surface area contributed by atoms with Gasteiger partial charge in [-0.15, -0.1) is 0 Å². The van der Waals surface area contributed by atoms with Crippen molar-refractivity contribution in [3.8, 4) is 0 Å². The number of benzene rings is 6. The summed E-state index contributed by atoms with van der Waals surface area (Å²) < 4.78 is 12.3. The minimum absolute atomic E-state index is 0.0523. The molecule has 7 aliphatic carbocycles. The first-order chi connectivity index (χ1) is 31.5. The van der Waals surface area contributed by atoms with E-state index in [4.69, 9.17) is 9.40 Å². The monoisotopic (exact) mass is 843 g/mol. The minimum Gasteiger partial charge on any atom is -0.456 e. The van der Waals surface area contributed by atoms with E-state index in [2.05, 4.69) is 128 Å². The molecule has 0 saturated heterocycles. The number of furan rings is 1. The van der Waals surface area contributed by atoms with Crippen LogP contribution in [0.1, 0.15) is 139 Å². The quantitative estimate of drug-likeness (QED) is 0.152. The molecule has 0 radical (unpaired) electrons. The van der Waals surface area contributed by atoms with E-state index in [0.29, 0.717) is 11.8 Å². The molecule has 4 nitrogen and oxygen atoms in total. The molecule has 3 saturated carbocycles. The highest BCUT2D eigenvalue weighted by Crippen LogP contribution is 2.61. The van der Waals surface area contributed by atoms with Crippen LogP contribution in [0.2, 0.25) is 0 Å². The maximum Gasteiger partial charge on any atom is 0.136 e. The Morgan fingerprint density at radius 3 is 2.17 bits per heavy atom. The van der Waals surface area contributed by atoms with Crippen molar-refractivity contribution in [1.29, 1.82) is 0 Å². The van der Waals surface area contributed by atoms with Gasteiger partial charge < -0.3 is 13.2 Å². The number of pyridine rings is 1. The first kappa shape index (κ1) is 35.4. The second kappa shape index (κ2) is 11.0. The smallest absolute Gasteiger partial charge is 0.136 e. The summed E-state index contributed by atoms with van der Waals surface area (Å²) in [5, 5.41) is 16.4. The summed E-state index contributed by atoms with van der Waals surface area (Å²) >= 11 is 0. The summed E-state index contributed by atoms with van der Waals surface area (Å²) in [4.78, 5) is 5.59. The summed E-state index contributed by atoms with van der Waals surface area (Å²) in [6, 6.07) is 31.4. The van der Waals surface area contributed by atoms with Crippen LogP contribution in [-0.4, -0.2) is 13.8 Å². The molecule has 3 fully saturated rings. The first-order valence-electron chi connectivity index (χ1n) is 25.1. The van der Waals surface area contributed by atoms with Gasteiger partial charge in [0.1, 0.15) is 11.2 Å². The fourth-order valence-corrected chi connectivity index (χ4v) is 16.6. The molecule has 0 aliphatic heterocycles. The number of hydrogen-bond acceptors (Lipinski definition) is 2. The predicted octanol–water partition coefficient (Wildman–Crippen LogP) is 16.6. The van der Waals surface area contributed by atoms with Crippen LogP contribution >= 0.6 is 0 Å². The van der Waals surface area contributed by atoms with Crippen LogP contribution in [0.3, 0.4) is 0 Å². The molecular weight excluding hydrogens is 791 g/mol. The van der Waals surface area contributed by atoms with Gasteiger partial charge in [-0.3, -0.25) is 4.98 Å². The lowest BCUT2D eigenvalue weighted by molar-refractivity contribution is 0.165. The Labute approximate surface area is 377 Å². The van der Waals surface area contributed by atoms with Crippen molar-refractivity contribution in [2.24, 2.45) is 11.8 Å². The van der Waals surface area contributed by atoms with Gasteiger partial charge in [0.2, 0.25) is 0 Å². The highest BCUT2D eigenvalue weighted by Gasteiger charge is 2.47. The number of hydrogen-bond donors (Lipinski definition) is 0. The highest BCUT2D eigenvalue weighted by atomic mass is 16.3. The molecule has 19 rings (SSSR count). The van der Waals surface area contributed by atoms with Crippen molar-refractivity contribution in [1.82, 2.24) is 13.8 Å². The summed E-state index contributed by atoms with van der Waals surface area (Å²) in [6.45, 7) is 12.2. The maximum absolute atomic E-state index is 6.93. The first-order valence-corrected chi connectivity index (χ1v) is 25.1. The second-order valence-corrected chi connectivity index (χ2v) is 24.0. The molecule has 6 heterocycles. The third kappa shape index (κ3) is 4.03. The number of nitrogens with zero attached hydrogens (tertiary/aromatic N) is 3. The van der Waals surface area contributed by atoms with Gasteiger partial charge in [0.05, 0.1) is 39.3 Å².